The molecule has 0 N–H and O–H groups in total. The average molecular weight is 429 g/mol. The maximum atomic E-state index is 11.8. The third kappa shape index (κ3) is 4.89. The van der Waals surface area contributed by atoms with E-state index >= 15 is 0 Å². The average Bonchev–Trinajstić information content (AvgIpc) is 2.99. The predicted octanol–water partition coefficient (Wildman–Crippen LogP) is 2.79. The Balaban J connectivity index is 1.83. The summed E-state index contributed by atoms with van der Waals surface area (Å²) in [5.41, 5.74) is 0. The fraction of sp³-hybridized carbons (Fsp3) is 0.864. The van der Waals surface area contributed by atoms with Crippen molar-refractivity contribution < 1.29 is 38.0 Å². The van der Waals surface area contributed by atoms with Gasteiger partial charge in [0.15, 0.2) is 24.5 Å². The molecule has 30 heavy (non-hydrogen) atoms. The Labute approximate surface area is 179 Å². The highest BCUT2D eigenvalue weighted by atomic mass is 16.8. The SMILES string of the molecule is C=CCO[C@H]1OC(C)[C@H](OC(C)=O)C(O[C@@H]2OC(C)[C@H](C)[C@@H]3OC(C)(C)OC23)[C@H]1C. The Bertz CT molecular complexity index is 622. The summed E-state index contributed by atoms with van der Waals surface area (Å²) in [5, 5.41) is 0. The van der Waals surface area contributed by atoms with E-state index in [2.05, 4.69) is 13.5 Å². The molecule has 3 saturated heterocycles. The minimum absolute atomic E-state index is 0.0821. The van der Waals surface area contributed by atoms with Crippen LogP contribution in [0.3, 0.4) is 0 Å². The quantitative estimate of drug-likeness (QED) is 0.472. The van der Waals surface area contributed by atoms with Crippen molar-refractivity contribution in [2.75, 3.05) is 6.61 Å². The van der Waals surface area contributed by atoms with Crippen LogP contribution in [0, 0.1) is 11.8 Å². The number of hydrogen-bond donors (Lipinski definition) is 0. The molecule has 3 rings (SSSR count). The molecule has 4 unspecified atom stereocenters. The van der Waals surface area contributed by atoms with Gasteiger partial charge in [-0.25, -0.2) is 0 Å². The van der Waals surface area contributed by atoms with Crippen LogP contribution >= 0.6 is 0 Å². The first-order valence-electron chi connectivity index (χ1n) is 10.8. The summed E-state index contributed by atoms with van der Waals surface area (Å²) >= 11 is 0. The van der Waals surface area contributed by atoms with Crippen LogP contribution in [0.15, 0.2) is 12.7 Å². The second kappa shape index (κ2) is 9.22. The van der Waals surface area contributed by atoms with Crippen LogP contribution in [0.1, 0.15) is 48.5 Å². The van der Waals surface area contributed by atoms with Gasteiger partial charge in [0.05, 0.1) is 24.9 Å². The van der Waals surface area contributed by atoms with E-state index in [-0.39, 0.29) is 30.1 Å². The standard InChI is InChI=1S/C22H36O8/c1-9-10-24-20-12(3)16(18(14(5)26-20)27-15(6)23)28-21-19-17(11(2)13(4)25-21)29-22(7,8)30-19/h9,11-14,16-21H,1,10H2,2-8H3/t11-,12+,13?,14?,16?,17-,18-,19?,20-,21-/m0/s1. The third-order valence-electron chi connectivity index (χ3n) is 6.09. The van der Waals surface area contributed by atoms with Crippen molar-refractivity contribution in [2.24, 2.45) is 11.8 Å². The first kappa shape index (κ1) is 23.6. The largest absolute Gasteiger partial charge is 0.457 e. The van der Waals surface area contributed by atoms with E-state index in [4.69, 9.17) is 33.2 Å². The molecule has 172 valence electrons. The first-order valence-corrected chi connectivity index (χ1v) is 10.8. The molecular formula is C22H36O8. The van der Waals surface area contributed by atoms with Gasteiger partial charge >= 0.3 is 5.97 Å². The van der Waals surface area contributed by atoms with Crippen LogP contribution in [-0.4, -0.2) is 67.6 Å². The van der Waals surface area contributed by atoms with Crippen LogP contribution in [-0.2, 0) is 38.0 Å². The van der Waals surface area contributed by atoms with Gasteiger partial charge in [-0.15, -0.1) is 6.58 Å². The number of ether oxygens (including phenoxy) is 7. The van der Waals surface area contributed by atoms with E-state index in [1.807, 2.05) is 34.6 Å². The zero-order chi connectivity index (χ0) is 22.2. The lowest BCUT2D eigenvalue weighted by Gasteiger charge is -2.47. The Morgan fingerprint density at radius 1 is 0.967 bits per heavy atom. The van der Waals surface area contributed by atoms with Gasteiger partial charge in [-0.2, -0.15) is 0 Å². The number of carbonyl (C=O) groups is 1. The van der Waals surface area contributed by atoms with Crippen molar-refractivity contribution >= 4 is 5.97 Å². The number of carbonyl (C=O) groups excluding carboxylic acids is 1. The Morgan fingerprint density at radius 2 is 1.60 bits per heavy atom. The zero-order valence-electron chi connectivity index (χ0n) is 19.0. The van der Waals surface area contributed by atoms with Crippen LogP contribution in [0.5, 0.6) is 0 Å². The molecule has 0 aromatic carbocycles. The van der Waals surface area contributed by atoms with Gasteiger partial charge in [-0.1, -0.05) is 19.9 Å². The van der Waals surface area contributed by atoms with Gasteiger partial charge in [0.2, 0.25) is 0 Å². The summed E-state index contributed by atoms with van der Waals surface area (Å²) in [6.07, 6.45) is -1.68. The molecule has 8 heteroatoms. The molecule has 0 radical (unpaired) electrons. The normalized spacial score (nSPS) is 45.6. The minimum atomic E-state index is -0.724. The molecule has 10 atom stereocenters. The van der Waals surface area contributed by atoms with Crippen molar-refractivity contribution in [1.29, 1.82) is 0 Å². The van der Waals surface area contributed by atoms with E-state index in [1.165, 1.54) is 6.92 Å². The van der Waals surface area contributed by atoms with E-state index in [9.17, 15) is 4.79 Å². The Kier molecular flexibility index (Phi) is 7.26. The van der Waals surface area contributed by atoms with E-state index in [0.717, 1.165) is 0 Å². The molecule has 3 fully saturated rings. The van der Waals surface area contributed by atoms with Crippen molar-refractivity contribution in [3.8, 4) is 0 Å². The summed E-state index contributed by atoms with van der Waals surface area (Å²) in [6.45, 7) is 17.1. The maximum absolute atomic E-state index is 11.8. The van der Waals surface area contributed by atoms with Crippen molar-refractivity contribution in [3.05, 3.63) is 12.7 Å². The minimum Gasteiger partial charge on any atom is -0.457 e. The van der Waals surface area contributed by atoms with Gasteiger partial charge in [-0.3, -0.25) is 4.79 Å². The van der Waals surface area contributed by atoms with Crippen molar-refractivity contribution in [1.82, 2.24) is 0 Å². The van der Waals surface area contributed by atoms with E-state index in [1.54, 1.807) is 6.08 Å². The molecule has 3 aliphatic heterocycles. The third-order valence-corrected chi connectivity index (χ3v) is 6.09. The highest BCUT2D eigenvalue weighted by Gasteiger charge is 2.55. The van der Waals surface area contributed by atoms with Crippen LogP contribution in [0.2, 0.25) is 0 Å². The summed E-state index contributed by atoms with van der Waals surface area (Å²) in [6, 6.07) is 0. The summed E-state index contributed by atoms with van der Waals surface area (Å²) in [4.78, 5) is 11.8. The summed E-state index contributed by atoms with van der Waals surface area (Å²) < 4.78 is 42.3. The summed E-state index contributed by atoms with van der Waals surface area (Å²) in [5.74, 6) is -1.20. The lowest BCUT2D eigenvalue weighted by molar-refractivity contribution is -0.332. The van der Waals surface area contributed by atoms with Gasteiger partial charge in [0, 0.05) is 18.8 Å². The van der Waals surface area contributed by atoms with Gasteiger partial charge in [0.1, 0.15) is 12.2 Å². The molecule has 0 aromatic heterocycles. The topological polar surface area (TPSA) is 81.7 Å². The number of hydrogen-bond acceptors (Lipinski definition) is 8. The van der Waals surface area contributed by atoms with Crippen molar-refractivity contribution in [2.45, 2.75) is 103 Å². The first-order chi connectivity index (χ1) is 14.0. The lowest BCUT2D eigenvalue weighted by atomic mass is 9.90. The molecule has 0 bridgehead atoms. The fourth-order valence-electron chi connectivity index (χ4n) is 4.42. The molecule has 3 heterocycles. The number of esters is 1. The Morgan fingerprint density at radius 3 is 2.23 bits per heavy atom. The fourth-order valence-corrected chi connectivity index (χ4v) is 4.42. The van der Waals surface area contributed by atoms with Crippen LogP contribution < -0.4 is 0 Å². The van der Waals surface area contributed by atoms with E-state index in [0.29, 0.717) is 6.61 Å². The van der Waals surface area contributed by atoms with Gasteiger partial charge in [0.25, 0.3) is 0 Å². The van der Waals surface area contributed by atoms with Crippen LogP contribution in [0.25, 0.3) is 0 Å². The zero-order valence-corrected chi connectivity index (χ0v) is 19.0. The smallest absolute Gasteiger partial charge is 0.303 e. The van der Waals surface area contributed by atoms with Gasteiger partial charge in [-0.05, 0) is 27.7 Å². The highest BCUT2D eigenvalue weighted by molar-refractivity contribution is 5.66. The molecule has 0 amide bonds. The predicted molar refractivity (Wildman–Crippen MR) is 107 cm³/mol. The Hall–Kier alpha value is -1.03. The molecular weight excluding hydrogens is 392 g/mol. The molecule has 0 aromatic rings. The monoisotopic (exact) mass is 428 g/mol. The van der Waals surface area contributed by atoms with Gasteiger partial charge < -0.3 is 33.2 Å². The molecule has 0 spiro atoms. The highest BCUT2D eigenvalue weighted by Crippen LogP contribution is 2.42. The molecule has 3 aliphatic rings. The molecule has 8 nitrogen and oxygen atoms in total. The summed E-state index contributed by atoms with van der Waals surface area (Å²) in [7, 11) is 0. The second-order valence-electron chi connectivity index (χ2n) is 9.00. The maximum Gasteiger partial charge on any atom is 0.303 e. The molecule has 0 aliphatic carbocycles. The number of rotatable bonds is 6. The molecule has 0 saturated carbocycles. The number of fused-ring (bicyclic) bond motifs is 1. The van der Waals surface area contributed by atoms with Crippen molar-refractivity contribution in [3.63, 3.8) is 0 Å². The second-order valence-corrected chi connectivity index (χ2v) is 9.00. The lowest BCUT2D eigenvalue weighted by Crippen LogP contribution is -2.60. The van der Waals surface area contributed by atoms with E-state index < -0.39 is 42.6 Å². The van der Waals surface area contributed by atoms with Crippen LogP contribution in [0.4, 0.5) is 0 Å².